The Hall–Kier alpha value is -0.960. The Balaban J connectivity index is 1.93. The average Bonchev–Trinajstić information content (AvgIpc) is 2.89. The van der Waals surface area contributed by atoms with Crippen LogP contribution in [-0.4, -0.2) is 29.3 Å². The van der Waals surface area contributed by atoms with E-state index >= 15 is 0 Å². The van der Waals surface area contributed by atoms with E-state index in [4.69, 9.17) is 5.11 Å². The number of β-amino-alcohol motifs (C(OH)–C–C–N with tert-alkyl or cyclic N) is 1. The summed E-state index contributed by atoms with van der Waals surface area (Å²) in [7, 11) is 0. The highest BCUT2D eigenvalue weighted by molar-refractivity contribution is 4.94. The fourth-order valence-electron chi connectivity index (χ4n) is 2.57. The van der Waals surface area contributed by atoms with Crippen LogP contribution in [0.15, 0.2) is 24.6 Å². The van der Waals surface area contributed by atoms with Gasteiger partial charge in [-0.3, -0.25) is 0 Å². The van der Waals surface area contributed by atoms with E-state index in [1.807, 2.05) is 12.4 Å². The van der Waals surface area contributed by atoms with Gasteiger partial charge in [0.2, 0.25) is 0 Å². The van der Waals surface area contributed by atoms with Crippen molar-refractivity contribution < 1.29 is 5.11 Å². The molecule has 1 rings (SSSR count). The predicted octanol–water partition coefficient (Wildman–Crippen LogP) is 3.77. The molecule has 116 valence electrons. The molecule has 2 N–H and O–H groups in total. The van der Waals surface area contributed by atoms with E-state index < -0.39 is 0 Å². The van der Waals surface area contributed by atoms with Crippen LogP contribution in [0.25, 0.3) is 0 Å². The van der Waals surface area contributed by atoms with Crippen molar-refractivity contribution in [3.8, 4) is 0 Å². The van der Waals surface area contributed by atoms with E-state index in [1.54, 1.807) is 0 Å². The molecule has 0 aliphatic carbocycles. The lowest BCUT2D eigenvalue weighted by molar-refractivity contribution is 0.194. The number of aliphatic hydroxyl groups is 1. The molecule has 1 unspecified atom stereocenters. The van der Waals surface area contributed by atoms with E-state index in [0.717, 1.165) is 13.0 Å². The first kappa shape index (κ1) is 17.1. The number of nitrogens with one attached hydrogen (secondary N) is 1. The van der Waals surface area contributed by atoms with Crippen molar-refractivity contribution >= 4 is 0 Å². The maximum Gasteiger partial charge on any atom is 0.0982 e. The lowest BCUT2D eigenvalue weighted by Crippen LogP contribution is -2.36. The molecule has 0 saturated heterocycles. The predicted molar refractivity (Wildman–Crippen MR) is 86.2 cm³/mol. The van der Waals surface area contributed by atoms with Gasteiger partial charge in [-0.15, -0.1) is 0 Å². The maximum absolute atomic E-state index is 8.98. The van der Waals surface area contributed by atoms with Gasteiger partial charge in [0, 0.05) is 18.9 Å². The lowest BCUT2D eigenvalue weighted by atomic mass is 10.1. The lowest BCUT2D eigenvalue weighted by Gasteiger charge is -2.24. The van der Waals surface area contributed by atoms with Crippen LogP contribution in [0.1, 0.15) is 64.7 Å². The summed E-state index contributed by atoms with van der Waals surface area (Å²) in [5.74, 6) is 0. The summed E-state index contributed by atoms with van der Waals surface area (Å²) < 4.78 is 0. The number of aliphatic hydroxyl groups excluding tert-OH is 1. The molecule has 0 spiro atoms. The molecule has 1 atom stereocenters. The first-order valence-corrected chi connectivity index (χ1v) is 8.32. The van der Waals surface area contributed by atoms with E-state index in [0.29, 0.717) is 6.17 Å². The summed E-state index contributed by atoms with van der Waals surface area (Å²) in [6.07, 6.45) is 20.6. The van der Waals surface area contributed by atoms with Crippen molar-refractivity contribution in [3.63, 3.8) is 0 Å². The molecule has 1 aliphatic heterocycles. The fourth-order valence-corrected chi connectivity index (χ4v) is 2.57. The zero-order valence-electron chi connectivity index (χ0n) is 13.1. The van der Waals surface area contributed by atoms with Gasteiger partial charge >= 0.3 is 0 Å². The van der Waals surface area contributed by atoms with Gasteiger partial charge in [-0.25, -0.2) is 0 Å². The second-order valence-electron chi connectivity index (χ2n) is 5.56. The normalized spacial score (nSPS) is 18.1. The molecule has 0 aromatic heterocycles. The van der Waals surface area contributed by atoms with Crippen molar-refractivity contribution in [2.45, 2.75) is 70.9 Å². The summed E-state index contributed by atoms with van der Waals surface area (Å²) in [4.78, 5) is 2.18. The molecular weight excluding hydrogens is 248 g/mol. The zero-order chi connectivity index (χ0) is 14.5. The third-order valence-electron chi connectivity index (χ3n) is 3.80. The van der Waals surface area contributed by atoms with Crippen molar-refractivity contribution in [1.82, 2.24) is 10.2 Å². The quantitative estimate of drug-likeness (QED) is 0.422. The van der Waals surface area contributed by atoms with Crippen LogP contribution < -0.4 is 5.32 Å². The molecule has 0 aromatic carbocycles. The van der Waals surface area contributed by atoms with Crippen molar-refractivity contribution in [2.75, 3.05) is 13.2 Å². The topological polar surface area (TPSA) is 35.5 Å². The fraction of sp³-hybridized carbons (Fsp3) is 0.765. The van der Waals surface area contributed by atoms with E-state index in [1.165, 1.54) is 51.4 Å². The minimum atomic E-state index is 0.225. The molecule has 20 heavy (non-hydrogen) atoms. The van der Waals surface area contributed by atoms with Crippen LogP contribution in [-0.2, 0) is 0 Å². The van der Waals surface area contributed by atoms with E-state index in [-0.39, 0.29) is 6.61 Å². The first-order valence-electron chi connectivity index (χ1n) is 8.32. The molecular formula is C17H32N2O. The molecule has 0 radical (unpaired) electrons. The molecule has 0 amide bonds. The van der Waals surface area contributed by atoms with Gasteiger partial charge in [0.1, 0.15) is 0 Å². The third-order valence-corrected chi connectivity index (χ3v) is 3.80. The average molecular weight is 280 g/mol. The van der Waals surface area contributed by atoms with Gasteiger partial charge in [-0.2, -0.15) is 0 Å². The van der Waals surface area contributed by atoms with Crippen LogP contribution in [0.4, 0.5) is 0 Å². The van der Waals surface area contributed by atoms with E-state index in [9.17, 15) is 0 Å². The number of rotatable bonds is 12. The van der Waals surface area contributed by atoms with E-state index in [2.05, 4.69) is 29.3 Å². The summed E-state index contributed by atoms with van der Waals surface area (Å²) in [6, 6.07) is 0. The monoisotopic (exact) mass is 280 g/mol. The molecule has 0 aromatic rings. The smallest absolute Gasteiger partial charge is 0.0982 e. The third kappa shape index (κ3) is 7.59. The molecule has 1 heterocycles. The Bertz CT molecular complexity index is 276. The standard InChI is InChI=1S/C17H32N2O/c1-2-3-4-5-6-7-8-9-10-11-12-17-18-13-14-19(17)15-16-20/h7-8,13-14,17-18,20H,2-6,9-12,15-16H2,1H3/b8-7+. The van der Waals surface area contributed by atoms with Gasteiger partial charge < -0.3 is 15.3 Å². The minimum absolute atomic E-state index is 0.225. The molecule has 0 fully saturated rings. The maximum atomic E-state index is 8.98. The summed E-state index contributed by atoms with van der Waals surface area (Å²) in [6.45, 7) is 3.21. The van der Waals surface area contributed by atoms with Crippen LogP contribution in [0, 0.1) is 0 Å². The van der Waals surface area contributed by atoms with Gasteiger partial charge in [-0.1, -0.05) is 38.3 Å². The number of allylic oxidation sites excluding steroid dienone is 2. The highest BCUT2D eigenvalue weighted by Crippen LogP contribution is 2.12. The minimum Gasteiger partial charge on any atom is -0.395 e. The van der Waals surface area contributed by atoms with Crippen LogP contribution in [0.5, 0.6) is 0 Å². The zero-order valence-corrected chi connectivity index (χ0v) is 13.1. The molecule has 0 bridgehead atoms. The molecule has 1 aliphatic rings. The number of unbranched alkanes of at least 4 members (excludes halogenated alkanes) is 6. The summed E-state index contributed by atoms with van der Waals surface area (Å²) >= 11 is 0. The largest absolute Gasteiger partial charge is 0.395 e. The van der Waals surface area contributed by atoms with Crippen molar-refractivity contribution in [3.05, 3.63) is 24.6 Å². The van der Waals surface area contributed by atoms with Crippen LogP contribution >= 0.6 is 0 Å². The van der Waals surface area contributed by atoms with Gasteiger partial charge in [-0.05, 0) is 38.5 Å². The molecule has 3 heteroatoms. The van der Waals surface area contributed by atoms with Crippen molar-refractivity contribution in [2.24, 2.45) is 0 Å². The number of nitrogens with zero attached hydrogens (tertiary/aromatic N) is 1. The van der Waals surface area contributed by atoms with Crippen molar-refractivity contribution in [1.29, 1.82) is 0 Å². The van der Waals surface area contributed by atoms with Gasteiger partial charge in [0.15, 0.2) is 0 Å². The second-order valence-corrected chi connectivity index (χ2v) is 5.56. The highest BCUT2D eigenvalue weighted by Gasteiger charge is 2.16. The number of hydrogen-bond donors (Lipinski definition) is 2. The second kappa shape index (κ2) is 11.8. The van der Waals surface area contributed by atoms with Gasteiger partial charge in [0.25, 0.3) is 0 Å². The van der Waals surface area contributed by atoms with Gasteiger partial charge in [0.05, 0.1) is 12.8 Å². The Kier molecular flexibility index (Phi) is 10.1. The first-order chi connectivity index (χ1) is 9.88. The SMILES string of the molecule is CCCCCC/C=C/CCCCC1NC=CN1CCO. The Morgan fingerprint density at radius 3 is 2.55 bits per heavy atom. The Morgan fingerprint density at radius 2 is 1.85 bits per heavy atom. The summed E-state index contributed by atoms with van der Waals surface area (Å²) in [5, 5.41) is 12.3. The Labute approximate surface area is 124 Å². The Morgan fingerprint density at radius 1 is 1.10 bits per heavy atom. The van der Waals surface area contributed by atoms with Crippen LogP contribution in [0.2, 0.25) is 0 Å². The summed E-state index contributed by atoms with van der Waals surface area (Å²) in [5.41, 5.74) is 0. The molecule has 0 saturated carbocycles. The molecule has 3 nitrogen and oxygen atoms in total. The highest BCUT2D eigenvalue weighted by atomic mass is 16.3. The van der Waals surface area contributed by atoms with Crippen LogP contribution in [0.3, 0.4) is 0 Å². The number of hydrogen-bond acceptors (Lipinski definition) is 3.